The number of phenols is 1. The molecule has 10 heteroatoms. The molecular weight excluding hydrogens is 498 g/mol. The number of hydrogen-bond acceptors (Lipinski definition) is 9. The van der Waals surface area contributed by atoms with Crippen molar-refractivity contribution in [3.63, 3.8) is 0 Å². The summed E-state index contributed by atoms with van der Waals surface area (Å²) in [7, 11) is 3.45. The minimum Gasteiger partial charge on any atom is -0.504 e. The maximum absolute atomic E-state index is 13.7. The number of allylic oxidation sites excluding steroid dienone is 2. The first-order valence-electron chi connectivity index (χ1n) is 13.3. The topological polar surface area (TPSA) is 149 Å². The van der Waals surface area contributed by atoms with Crippen LogP contribution in [0.15, 0.2) is 28.4 Å². The van der Waals surface area contributed by atoms with E-state index in [2.05, 4.69) is 16.3 Å². The summed E-state index contributed by atoms with van der Waals surface area (Å²) in [6, 6.07) is 1.35. The molecule has 206 valence electrons. The highest BCUT2D eigenvalue weighted by Gasteiger charge is 2.57. The van der Waals surface area contributed by atoms with Crippen LogP contribution in [0.1, 0.15) is 49.9 Å². The lowest BCUT2D eigenvalue weighted by molar-refractivity contribution is -0.124. The molecule has 1 amide bonds. The summed E-state index contributed by atoms with van der Waals surface area (Å²) in [6.45, 7) is 6.78. The normalized spacial score (nSPS) is 29.3. The summed E-state index contributed by atoms with van der Waals surface area (Å²) >= 11 is 0. The molecule has 1 aromatic carbocycles. The van der Waals surface area contributed by atoms with E-state index in [0.717, 1.165) is 11.1 Å². The molecule has 0 radical (unpaired) electrons. The van der Waals surface area contributed by atoms with Crippen LogP contribution in [0.2, 0.25) is 0 Å². The third-order valence-corrected chi connectivity index (χ3v) is 9.10. The van der Waals surface area contributed by atoms with Gasteiger partial charge in [-0.3, -0.25) is 24.2 Å². The number of fused-ring (bicyclic) bond motifs is 6. The fraction of sp³-hybridized carbons (Fsp3) is 0.517. The van der Waals surface area contributed by atoms with Crippen LogP contribution >= 0.6 is 0 Å². The second kappa shape index (κ2) is 9.59. The molecule has 1 unspecified atom stereocenters. The monoisotopic (exact) mass is 533 g/mol. The Kier molecular flexibility index (Phi) is 6.66. The number of ether oxygens (including phenoxy) is 1. The number of phenolic OH excluding ortho intramolecular Hbond substituents is 1. The van der Waals surface area contributed by atoms with Gasteiger partial charge in [-0.05, 0) is 58.7 Å². The largest absolute Gasteiger partial charge is 0.504 e. The highest BCUT2D eigenvalue weighted by atomic mass is 16.5. The number of methoxy groups -OCH3 is 1. The van der Waals surface area contributed by atoms with Gasteiger partial charge in [-0.25, -0.2) is 0 Å². The number of nitrogens with one attached hydrogen (secondary N) is 1. The van der Waals surface area contributed by atoms with Crippen molar-refractivity contribution in [3.05, 3.63) is 45.0 Å². The van der Waals surface area contributed by atoms with Crippen LogP contribution in [-0.2, 0) is 20.8 Å². The van der Waals surface area contributed by atoms with Gasteiger partial charge in [0.25, 0.3) is 0 Å². The first-order chi connectivity index (χ1) is 18.4. The van der Waals surface area contributed by atoms with E-state index >= 15 is 0 Å². The number of carbonyl (C=O) groups is 3. The van der Waals surface area contributed by atoms with Gasteiger partial charge in [0.05, 0.1) is 31.3 Å². The van der Waals surface area contributed by atoms with E-state index in [4.69, 9.17) is 10.5 Å². The number of rotatable bonds is 4. The van der Waals surface area contributed by atoms with E-state index in [1.165, 1.54) is 7.11 Å². The summed E-state index contributed by atoms with van der Waals surface area (Å²) in [5, 5.41) is 24.8. The van der Waals surface area contributed by atoms with E-state index in [1.54, 1.807) is 20.8 Å². The minimum atomic E-state index is -0.761. The molecule has 1 fully saturated rings. The number of aromatic hydroxyl groups is 1. The van der Waals surface area contributed by atoms with Crippen molar-refractivity contribution < 1.29 is 24.2 Å². The standard InChI is InChI=1S/C29H35N5O5/c1-12-7-16-8-18-20(10-30)34-19(24(33(18)5)22(16)27(37)28(12)39-6)9-17-23(21(34)11-32-29(38)15(4)31)26(36)14(3)13(2)25(17)35/h7,15,18-21,24,37H,8-9,11,31H2,1-6H3,(H,32,38)/t15-,18-,19?,20-,21-,24-/m0/s1. The van der Waals surface area contributed by atoms with Crippen LogP contribution in [0.5, 0.6) is 11.5 Å². The number of carbonyl (C=O) groups excluding carboxylic acids is 3. The van der Waals surface area contributed by atoms with E-state index in [0.29, 0.717) is 40.0 Å². The molecule has 5 rings (SSSR count). The van der Waals surface area contributed by atoms with Crippen molar-refractivity contribution in [3.8, 4) is 17.6 Å². The van der Waals surface area contributed by atoms with Crippen LogP contribution in [-0.4, -0.2) is 83.3 Å². The molecule has 0 spiro atoms. The zero-order valence-electron chi connectivity index (χ0n) is 23.2. The molecule has 4 N–H and O–H groups in total. The molecule has 10 nitrogen and oxygen atoms in total. The molecule has 2 bridgehead atoms. The van der Waals surface area contributed by atoms with Crippen molar-refractivity contribution in [2.45, 2.75) is 76.8 Å². The number of nitrogens with zero attached hydrogens (tertiary/aromatic N) is 3. The van der Waals surface area contributed by atoms with Crippen LogP contribution < -0.4 is 15.8 Å². The van der Waals surface area contributed by atoms with Gasteiger partial charge in [0.2, 0.25) is 5.91 Å². The third kappa shape index (κ3) is 3.83. The van der Waals surface area contributed by atoms with E-state index in [1.807, 2.05) is 24.9 Å². The summed E-state index contributed by atoms with van der Waals surface area (Å²) in [4.78, 5) is 43.9. The van der Waals surface area contributed by atoms with Crippen LogP contribution in [0, 0.1) is 18.3 Å². The summed E-state index contributed by atoms with van der Waals surface area (Å²) in [6.07, 6.45) is 0.745. The Bertz CT molecular complexity index is 1400. The Hall–Kier alpha value is -3.52. The molecule has 39 heavy (non-hydrogen) atoms. The van der Waals surface area contributed by atoms with E-state index in [-0.39, 0.29) is 48.3 Å². The smallest absolute Gasteiger partial charge is 0.236 e. The molecule has 4 aliphatic rings. The Balaban J connectivity index is 1.72. The highest BCUT2D eigenvalue weighted by molar-refractivity contribution is 6.25. The zero-order chi connectivity index (χ0) is 28.5. The second-order valence-corrected chi connectivity index (χ2v) is 11.2. The molecule has 1 aromatic rings. The van der Waals surface area contributed by atoms with Gasteiger partial charge in [0.1, 0.15) is 6.04 Å². The number of Topliss-reactive ketones (excluding diaryl/α,β-unsaturated/α-hetero) is 2. The van der Waals surface area contributed by atoms with Crippen molar-refractivity contribution in [2.24, 2.45) is 5.73 Å². The number of ketones is 2. The Morgan fingerprint density at radius 3 is 2.51 bits per heavy atom. The van der Waals surface area contributed by atoms with Gasteiger partial charge in [-0.1, -0.05) is 6.07 Å². The molecule has 3 heterocycles. The maximum atomic E-state index is 13.7. The quantitative estimate of drug-likeness (QED) is 0.485. The Labute approximate surface area is 228 Å². The van der Waals surface area contributed by atoms with Crippen LogP contribution in [0.25, 0.3) is 0 Å². The SMILES string of the molecule is COc1c(C)cc2c(c1O)[C@@H]1C3CC4=C(C(=O)C(C)=C(C)C4=O)[C@H](CNC(=O)[C@H](C)N)N3[C@@H](C#N)[C@H](C2)N1C. The summed E-state index contributed by atoms with van der Waals surface area (Å²) in [5.41, 5.74) is 9.80. The van der Waals surface area contributed by atoms with E-state index < -0.39 is 24.2 Å². The predicted octanol–water partition coefficient (Wildman–Crippen LogP) is 1.20. The lowest BCUT2D eigenvalue weighted by Crippen LogP contribution is -2.71. The molecule has 0 aromatic heterocycles. The fourth-order valence-corrected chi connectivity index (χ4v) is 7.07. The molecular formula is C29H35N5O5. The van der Waals surface area contributed by atoms with Gasteiger partial charge in [-0.15, -0.1) is 0 Å². The molecule has 3 aliphatic heterocycles. The number of nitriles is 1. The number of aryl methyl sites for hydroxylation is 1. The van der Waals surface area contributed by atoms with Gasteiger partial charge in [0.15, 0.2) is 23.1 Å². The zero-order valence-corrected chi connectivity index (χ0v) is 23.2. The van der Waals surface area contributed by atoms with Crippen molar-refractivity contribution in [2.75, 3.05) is 20.7 Å². The van der Waals surface area contributed by atoms with Gasteiger partial charge in [-0.2, -0.15) is 5.26 Å². The Morgan fingerprint density at radius 2 is 1.90 bits per heavy atom. The number of piperazine rings is 1. The minimum absolute atomic E-state index is 0.0262. The third-order valence-electron chi connectivity index (χ3n) is 9.10. The van der Waals surface area contributed by atoms with Crippen molar-refractivity contribution >= 4 is 17.5 Å². The number of likely N-dealkylation sites (N-methyl/N-ethyl adjacent to an activating group) is 1. The number of benzene rings is 1. The van der Waals surface area contributed by atoms with Gasteiger partial charge >= 0.3 is 0 Å². The summed E-state index contributed by atoms with van der Waals surface area (Å²) in [5.74, 6) is -0.363. The maximum Gasteiger partial charge on any atom is 0.236 e. The van der Waals surface area contributed by atoms with Crippen LogP contribution in [0.4, 0.5) is 0 Å². The molecule has 1 aliphatic carbocycles. The molecule has 0 saturated carbocycles. The molecule has 1 saturated heterocycles. The number of nitrogens with two attached hydrogens (primary N) is 1. The first-order valence-corrected chi connectivity index (χ1v) is 13.3. The van der Waals surface area contributed by atoms with Crippen LogP contribution in [0.3, 0.4) is 0 Å². The molecule has 6 atom stereocenters. The first kappa shape index (κ1) is 27.1. The van der Waals surface area contributed by atoms with E-state index in [9.17, 15) is 24.8 Å². The fourth-order valence-electron chi connectivity index (χ4n) is 7.07. The summed E-state index contributed by atoms with van der Waals surface area (Å²) < 4.78 is 5.54. The average Bonchev–Trinajstić information content (AvgIpc) is 2.89. The second-order valence-electron chi connectivity index (χ2n) is 11.2. The van der Waals surface area contributed by atoms with Gasteiger partial charge < -0.3 is 20.9 Å². The number of amides is 1. The van der Waals surface area contributed by atoms with Gasteiger partial charge in [0, 0.05) is 46.5 Å². The average molecular weight is 534 g/mol. The highest BCUT2D eigenvalue weighted by Crippen LogP contribution is 2.53. The number of hydrogen-bond donors (Lipinski definition) is 3. The van der Waals surface area contributed by atoms with Crippen molar-refractivity contribution in [1.29, 1.82) is 5.26 Å². The predicted molar refractivity (Wildman–Crippen MR) is 143 cm³/mol. The lowest BCUT2D eigenvalue weighted by Gasteiger charge is -2.60. The lowest BCUT2D eigenvalue weighted by atomic mass is 9.69. The van der Waals surface area contributed by atoms with Crippen molar-refractivity contribution in [1.82, 2.24) is 15.1 Å². The Morgan fingerprint density at radius 1 is 1.23 bits per heavy atom.